The van der Waals surface area contributed by atoms with Gasteiger partial charge in [0.25, 0.3) is 15.9 Å². The monoisotopic (exact) mass is 440 g/mol. The second kappa shape index (κ2) is 9.63. The van der Waals surface area contributed by atoms with Crippen LogP contribution in [0.3, 0.4) is 0 Å². The van der Waals surface area contributed by atoms with Gasteiger partial charge in [0, 0.05) is 23.4 Å². The molecule has 0 aromatic heterocycles. The molecule has 7 nitrogen and oxygen atoms in total. The molecule has 1 atom stereocenters. The van der Waals surface area contributed by atoms with Crippen LogP contribution in [0.25, 0.3) is 0 Å². The number of sulfonamides is 1. The SMILES string of the molecule is COc1ccccc1CNC(=O)c1ccc(NS(=O)(=O)c2ccc([C@@H](C)O)cc2)cc1. The maximum atomic E-state index is 12.6. The largest absolute Gasteiger partial charge is 0.496 e. The highest BCUT2D eigenvalue weighted by molar-refractivity contribution is 7.92. The zero-order chi connectivity index (χ0) is 22.4. The minimum Gasteiger partial charge on any atom is -0.496 e. The van der Waals surface area contributed by atoms with Crippen LogP contribution in [0.5, 0.6) is 5.75 Å². The van der Waals surface area contributed by atoms with Crippen LogP contribution >= 0.6 is 0 Å². The van der Waals surface area contributed by atoms with Crippen LogP contribution in [0.2, 0.25) is 0 Å². The normalized spacial score (nSPS) is 12.1. The third-order valence-corrected chi connectivity index (χ3v) is 6.10. The van der Waals surface area contributed by atoms with Gasteiger partial charge in [0.2, 0.25) is 0 Å². The van der Waals surface area contributed by atoms with Crippen molar-refractivity contribution in [2.75, 3.05) is 11.8 Å². The third kappa shape index (κ3) is 5.62. The Morgan fingerprint density at radius 1 is 1.00 bits per heavy atom. The number of aliphatic hydroxyl groups is 1. The first-order valence-electron chi connectivity index (χ1n) is 9.61. The number of methoxy groups -OCH3 is 1. The summed E-state index contributed by atoms with van der Waals surface area (Å²) in [5, 5.41) is 12.4. The molecule has 162 valence electrons. The van der Waals surface area contributed by atoms with Crippen LogP contribution in [-0.2, 0) is 16.6 Å². The van der Waals surface area contributed by atoms with Gasteiger partial charge in [0.15, 0.2) is 0 Å². The molecule has 31 heavy (non-hydrogen) atoms. The number of benzene rings is 3. The van der Waals surface area contributed by atoms with E-state index in [0.717, 1.165) is 5.56 Å². The molecule has 3 aromatic rings. The van der Waals surface area contributed by atoms with Gasteiger partial charge in [-0.05, 0) is 55.0 Å². The van der Waals surface area contributed by atoms with Crippen molar-refractivity contribution in [1.82, 2.24) is 5.32 Å². The van der Waals surface area contributed by atoms with Crippen molar-refractivity contribution in [3.63, 3.8) is 0 Å². The Hall–Kier alpha value is -3.36. The Labute approximate surface area is 181 Å². The first-order valence-corrected chi connectivity index (χ1v) is 11.1. The van der Waals surface area contributed by atoms with Gasteiger partial charge in [-0.1, -0.05) is 30.3 Å². The molecule has 0 aliphatic heterocycles. The minimum atomic E-state index is -3.79. The maximum absolute atomic E-state index is 12.6. The Balaban J connectivity index is 1.64. The number of anilines is 1. The van der Waals surface area contributed by atoms with Crippen LogP contribution in [-0.4, -0.2) is 26.5 Å². The lowest BCUT2D eigenvalue weighted by molar-refractivity contribution is 0.0950. The van der Waals surface area contributed by atoms with Gasteiger partial charge in [0.05, 0.1) is 18.1 Å². The van der Waals surface area contributed by atoms with Crippen LogP contribution in [0.4, 0.5) is 5.69 Å². The lowest BCUT2D eigenvalue weighted by atomic mass is 10.1. The van der Waals surface area contributed by atoms with E-state index in [4.69, 9.17) is 4.74 Å². The van der Waals surface area contributed by atoms with Crippen LogP contribution in [0.1, 0.15) is 34.5 Å². The molecule has 3 rings (SSSR count). The summed E-state index contributed by atoms with van der Waals surface area (Å²) in [4.78, 5) is 12.5. The standard InChI is InChI=1S/C23H24N2O5S/c1-16(26)17-9-13-21(14-10-17)31(28,29)25-20-11-7-18(8-12-20)23(27)24-15-19-5-3-4-6-22(19)30-2/h3-14,16,25-26H,15H2,1-2H3,(H,24,27)/t16-/m1/s1. The first kappa shape index (κ1) is 22.3. The molecule has 0 heterocycles. The number of para-hydroxylation sites is 1. The molecule has 0 radical (unpaired) electrons. The van der Waals surface area contributed by atoms with E-state index in [0.29, 0.717) is 29.1 Å². The molecule has 0 saturated heterocycles. The zero-order valence-corrected chi connectivity index (χ0v) is 18.0. The van der Waals surface area contributed by atoms with Crippen LogP contribution in [0.15, 0.2) is 77.7 Å². The Morgan fingerprint density at radius 3 is 2.26 bits per heavy atom. The van der Waals surface area contributed by atoms with Crippen molar-refractivity contribution in [2.24, 2.45) is 0 Å². The van der Waals surface area contributed by atoms with Crippen molar-refractivity contribution in [3.8, 4) is 5.75 Å². The number of ether oxygens (including phenoxy) is 1. The molecule has 3 N–H and O–H groups in total. The summed E-state index contributed by atoms with van der Waals surface area (Å²) in [6.45, 7) is 1.91. The van der Waals surface area contributed by atoms with Crippen LogP contribution in [0, 0.1) is 0 Å². The van der Waals surface area contributed by atoms with Gasteiger partial charge in [-0.15, -0.1) is 0 Å². The quantitative estimate of drug-likeness (QED) is 0.497. The Kier molecular flexibility index (Phi) is 6.94. The van der Waals surface area contributed by atoms with Crippen molar-refractivity contribution >= 4 is 21.6 Å². The predicted octanol–water partition coefficient (Wildman–Crippen LogP) is 3.48. The number of hydrogen-bond acceptors (Lipinski definition) is 5. The summed E-state index contributed by atoms with van der Waals surface area (Å²) in [5.74, 6) is 0.406. The fraction of sp³-hybridized carbons (Fsp3) is 0.174. The van der Waals surface area contributed by atoms with E-state index in [-0.39, 0.29) is 10.8 Å². The fourth-order valence-electron chi connectivity index (χ4n) is 2.96. The zero-order valence-electron chi connectivity index (χ0n) is 17.2. The highest BCUT2D eigenvalue weighted by Crippen LogP contribution is 2.20. The lowest BCUT2D eigenvalue weighted by Gasteiger charge is -2.11. The van der Waals surface area contributed by atoms with E-state index < -0.39 is 16.1 Å². The van der Waals surface area contributed by atoms with Crippen molar-refractivity contribution in [2.45, 2.75) is 24.5 Å². The van der Waals surface area contributed by atoms with E-state index in [2.05, 4.69) is 10.0 Å². The summed E-state index contributed by atoms with van der Waals surface area (Å²) in [6.07, 6.45) is -0.675. The highest BCUT2D eigenvalue weighted by atomic mass is 32.2. The summed E-state index contributed by atoms with van der Waals surface area (Å²) < 4.78 is 32.9. The summed E-state index contributed by atoms with van der Waals surface area (Å²) >= 11 is 0. The Bertz CT molecular complexity index is 1140. The number of aliphatic hydroxyl groups excluding tert-OH is 1. The molecule has 0 saturated carbocycles. The second-order valence-electron chi connectivity index (χ2n) is 6.92. The topological polar surface area (TPSA) is 105 Å². The molecule has 8 heteroatoms. The van der Waals surface area contributed by atoms with E-state index in [9.17, 15) is 18.3 Å². The number of carbonyl (C=O) groups is 1. The van der Waals surface area contributed by atoms with E-state index in [1.807, 2.05) is 24.3 Å². The Morgan fingerprint density at radius 2 is 1.65 bits per heavy atom. The molecule has 0 bridgehead atoms. The van der Waals surface area contributed by atoms with Gasteiger partial charge in [-0.3, -0.25) is 9.52 Å². The molecule has 3 aromatic carbocycles. The molecular formula is C23H24N2O5S. The van der Waals surface area contributed by atoms with Crippen molar-refractivity contribution in [1.29, 1.82) is 0 Å². The smallest absolute Gasteiger partial charge is 0.261 e. The number of rotatable bonds is 8. The lowest BCUT2D eigenvalue weighted by Crippen LogP contribution is -2.23. The number of carbonyl (C=O) groups excluding carboxylic acids is 1. The summed E-state index contributed by atoms with van der Waals surface area (Å²) in [6, 6.07) is 19.5. The molecule has 1 amide bonds. The molecule has 0 spiro atoms. The van der Waals surface area contributed by atoms with Crippen molar-refractivity contribution < 1.29 is 23.1 Å². The van der Waals surface area contributed by atoms with Gasteiger partial charge in [-0.2, -0.15) is 0 Å². The van der Waals surface area contributed by atoms with Crippen LogP contribution < -0.4 is 14.8 Å². The number of hydrogen-bond donors (Lipinski definition) is 3. The summed E-state index contributed by atoms with van der Waals surface area (Å²) in [7, 11) is -2.22. The number of nitrogens with one attached hydrogen (secondary N) is 2. The fourth-order valence-corrected chi connectivity index (χ4v) is 4.01. The number of amides is 1. The molecule has 0 aliphatic rings. The molecule has 0 fully saturated rings. The average molecular weight is 441 g/mol. The predicted molar refractivity (Wildman–Crippen MR) is 118 cm³/mol. The molecular weight excluding hydrogens is 416 g/mol. The van der Waals surface area contributed by atoms with Gasteiger partial charge in [0.1, 0.15) is 5.75 Å². The van der Waals surface area contributed by atoms with Gasteiger partial charge in [-0.25, -0.2) is 8.42 Å². The third-order valence-electron chi connectivity index (χ3n) is 4.70. The van der Waals surface area contributed by atoms with Crippen molar-refractivity contribution in [3.05, 3.63) is 89.5 Å². The average Bonchev–Trinajstić information content (AvgIpc) is 2.78. The van der Waals surface area contributed by atoms with Gasteiger partial charge < -0.3 is 15.2 Å². The molecule has 0 aliphatic carbocycles. The summed E-state index contributed by atoms with van der Waals surface area (Å²) in [5.41, 5.74) is 2.21. The molecule has 0 unspecified atom stereocenters. The van der Waals surface area contributed by atoms with E-state index in [1.54, 1.807) is 38.3 Å². The van der Waals surface area contributed by atoms with E-state index >= 15 is 0 Å². The highest BCUT2D eigenvalue weighted by Gasteiger charge is 2.15. The first-order chi connectivity index (χ1) is 14.8. The second-order valence-corrected chi connectivity index (χ2v) is 8.60. The maximum Gasteiger partial charge on any atom is 0.261 e. The minimum absolute atomic E-state index is 0.0792. The van der Waals surface area contributed by atoms with Gasteiger partial charge >= 0.3 is 0 Å². The van der Waals surface area contributed by atoms with E-state index in [1.165, 1.54) is 24.3 Å².